The molecular weight excluding hydrogens is 166 g/mol. The maximum absolute atomic E-state index is 5.34. The lowest BCUT2D eigenvalue weighted by Gasteiger charge is -2.18. The van der Waals surface area contributed by atoms with Crippen LogP contribution >= 0.6 is 11.3 Å². The van der Waals surface area contributed by atoms with Gasteiger partial charge in [-0.1, -0.05) is 5.92 Å². The number of rotatable bonds is 3. The molecule has 1 N–H and O–H groups in total. The van der Waals surface area contributed by atoms with Crippen molar-refractivity contribution in [2.24, 2.45) is 0 Å². The summed E-state index contributed by atoms with van der Waals surface area (Å²) in [7, 11) is 0. The first kappa shape index (κ1) is 9.31. The standard InChI is InChI=1S/C10H13NS/c1-4-10(2,3)11-7-9-5-6-12-8-9/h1,5-6,8,11H,7H2,2-3H3. The van der Waals surface area contributed by atoms with Crippen LogP contribution in [0.15, 0.2) is 16.8 Å². The van der Waals surface area contributed by atoms with Crippen LogP contribution in [0, 0.1) is 12.3 Å². The second-order valence-corrected chi connectivity index (χ2v) is 4.03. The van der Waals surface area contributed by atoms with Crippen LogP contribution in [0.25, 0.3) is 0 Å². The molecule has 0 amide bonds. The summed E-state index contributed by atoms with van der Waals surface area (Å²) < 4.78 is 0. The van der Waals surface area contributed by atoms with Gasteiger partial charge in [-0.05, 0) is 36.2 Å². The van der Waals surface area contributed by atoms with Gasteiger partial charge in [-0.2, -0.15) is 11.3 Å². The first-order chi connectivity index (χ1) is 5.64. The van der Waals surface area contributed by atoms with Crippen molar-refractivity contribution in [1.82, 2.24) is 5.32 Å². The summed E-state index contributed by atoms with van der Waals surface area (Å²) in [5, 5.41) is 7.48. The molecule has 0 spiro atoms. The largest absolute Gasteiger partial charge is 0.297 e. The Morgan fingerprint density at radius 3 is 2.92 bits per heavy atom. The predicted octanol–water partition coefficient (Wildman–Crippen LogP) is 2.25. The molecule has 0 aromatic carbocycles. The summed E-state index contributed by atoms with van der Waals surface area (Å²) in [5.41, 5.74) is 1.09. The van der Waals surface area contributed by atoms with E-state index in [4.69, 9.17) is 6.42 Å². The van der Waals surface area contributed by atoms with Crippen LogP contribution in [0.1, 0.15) is 19.4 Å². The molecular formula is C10H13NS. The second-order valence-electron chi connectivity index (χ2n) is 3.25. The molecule has 1 heterocycles. The second kappa shape index (κ2) is 3.75. The molecule has 0 aliphatic carbocycles. The van der Waals surface area contributed by atoms with Gasteiger partial charge in [0.15, 0.2) is 0 Å². The molecule has 0 radical (unpaired) electrons. The third-order valence-corrected chi connectivity index (χ3v) is 2.41. The molecule has 0 saturated heterocycles. The fraction of sp³-hybridized carbons (Fsp3) is 0.400. The third-order valence-electron chi connectivity index (χ3n) is 1.68. The molecule has 1 aromatic rings. The SMILES string of the molecule is C#CC(C)(C)NCc1ccsc1. The van der Waals surface area contributed by atoms with Crippen molar-refractivity contribution in [1.29, 1.82) is 0 Å². The topological polar surface area (TPSA) is 12.0 Å². The molecule has 0 bridgehead atoms. The van der Waals surface area contributed by atoms with E-state index in [0.29, 0.717) is 0 Å². The average molecular weight is 179 g/mol. The molecule has 0 aliphatic heterocycles. The first-order valence-electron chi connectivity index (χ1n) is 3.88. The fourth-order valence-corrected chi connectivity index (χ4v) is 1.44. The van der Waals surface area contributed by atoms with Gasteiger partial charge in [0.05, 0.1) is 5.54 Å². The highest BCUT2D eigenvalue weighted by Crippen LogP contribution is 2.07. The third kappa shape index (κ3) is 2.69. The molecule has 0 saturated carbocycles. The van der Waals surface area contributed by atoms with E-state index < -0.39 is 0 Å². The van der Waals surface area contributed by atoms with Gasteiger partial charge in [0, 0.05) is 6.54 Å². The van der Waals surface area contributed by atoms with Crippen LogP contribution in [-0.2, 0) is 6.54 Å². The molecule has 0 aliphatic rings. The van der Waals surface area contributed by atoms with Gasteiger partial charge in [-0.25, -0.2) is 0 Å². The van der Waals surface area contributed by atoms with E-state index in [1.807, 2.05) is 13.8 Å². The first-order valence-corrected chi connectivity index (χ1v) is 4.82. The average Bonchev–Trinajstić information content (AvgIpc) is 2.53. The quantitative estimate of drug-likeness (QED) is 0.702. The highest BCUT2D eigenvalue weighted by atomic mass is 32.1. The van der Waals surface area contributed by atoms with Crippen molar-refractivity contribution in [3.8, 4) is 12.3 Å². The predicted molar refractivity (Wildman–Crippen MR) is 54.1 cm³/mol. The van der Waals surface area contributed by atoms with Crippen LogP contribution in [0.2, 0.25) is 0 Å². The van der Waals surface area contributed by atoms with E-state index in [-0.39, 0.29) is 5.54 Å². The fourth-order valence-electron chi connectivity index (χ4n) is 0.767. The van der Waals surface area contributed by atoms with Crippen LogP contribution < -0.4 is 5.32 Å². The Labute approximate surface area is 77.8 Å². The Bertz CT molecular complexity index is 267. The van der Waals surface area contributed by atoms with E-state index in [1.54, 1.807) is 11.3 Å². The molecule has 64 valence electrons. The van der Waals surface area contributed by atoms with Crippen LogP contribution in [0.4, 0.5) is 0 Å². The smallest absolute Gasteiger partial charge is 0.0743 e. The van der Waals surface area contributed by atoms with Crippen LogP contribution in [0.5, 0.6) is 0 Å². The molecule has 2 heteroatoms. The minimum atomic E-state index is -0.206. The van der Waals surface area contributed by atoms with Gasteiger partial charge in [0.1, 0.15) is 0 Å². The Morgan fingerprint density at radius 1 is 1.67 bits per heavy atom. The van der Waals surface area contributed by atoms with Crippen molar-refractivity contribution in [3.05, 3.63) is 22.4 Å². The van der Waals surface area contributed by atoms with Crippen molar-refractivity contribution in [2.75, 3.05) is 0 Å². The zero-order valence-electron chi connectivity index (χ0n) is 7.42. The molecule has 0 atom stereocenters. The number of thiophene rings is 1. The monoisotopic (exact) mass is 179 g/mol. The van der Waals surface area contributed by atoms with Gasteiger partial charge >= 0.3 is 0 Å². The molecule has 1 rings (SSSR count). The van der Waals surface area contributed by atoms with Crippen molar-refractivity contribution >= 4 is 11.3 Å². The number of hydrogen-bond donors (Lipinski definition) is 1. The van der Waals surface area contributed by atoms with Crippen molar-refractivity contribution < 1.29 is 0 Å². The van der Waals surface area contributed by atoms with Gasteiger partial charge in [-0.3, -0.25) is 5.32 Å². The molecule has 1 nitrogen and oxygen atoms in total. The lowest BCUT2D eigenvalue weighted by atomic mass is 10.1. The van der Waals surface area contributed by atoms with E-state index in [0.717, 1.165) is 6.54 Å². The van der Waals surface area contributed by atoms with Crippen molar-refractivity contribution in [3.63, 3.8) is 0 Å². The van der Waals surface area contributed by atoms with E-state index >= 15 is 0 Å². The summed E-state index contributed by atoms with van der Waals surface area (Å²) in [6, 6.07) is 2.10. The zero-order valence-corrected chi connectivity index (χ0v) is 8.24. The Balaban J connectivity index is 2.42. The minimum absolute atomic E-state index is 0.206. The lowest BCUT2D eigenvalue weighted by molar-refractivity contribution is 0.491. The Kier molecular flexibility index (Phi) is 2.91. The van der Waals surface area contributed by atoms with E-state index in [2.05, 4.69) is 28.1 Å². The van der Waals surface area contributed by atoms with Crippen LogP contribution in [0.3, 0.4) is 0 Å². The van der Waals surface area contributed by atoms with Crippen LogP contribution in [-0.4, -0.2) is 5.54 Å². The molecule has 0 fully saturated rings. The van der Waals surface area contributed by atoms with E-state index in [9.17, 15) is 0 Å². The Hall–Kier alpha value is -0.780. The van der Waals surface area contributed by atoms with Crippen molar-refractivity contribution in [2.45, 2.75) is 25.9 Å². The minimum Gasteiger partial charge on any atom is -0.297 e. The van der Waals surface area contributed by atoms with Gasteiger partial charge in [-0.15, -0.1) is 6.42 Å². The zero-order chi connectivity index (χ0) is 9.03. The van der Waals surface area contributed by atoms with Gasteiger partial charge < -0.3 is 0 Å². The highest BCUT2D eigenvalue weighted by Gasteiger charge is 2.11. The number of hydrogen-bond acceptors (Lipinski definition) is 2. The summed E-state index contributed by atoms with van der Waals surface area (Å²) in [6.07, 6.45) is 5.34. The summed E-state index contributed by atoms with van der Waals surface area (Å²) in [6.45, 7) is 4.85. The summed E-state index contributed by atoms with van der Waals surface area (Å²) in [4.78, 5) is 0. The van der Waals surface area contributed by atoms with Gasteiger partial charge in [0.25, 0.3) is 0 Å². The molecule has 12 heavy (non-hydrogen) atoms. The number of nitrogens with one attached hydrogen (secondary N) is 1. The highest BCUT2D eigenvalue weighted by molar-refractivity contribution is 7.07. The summed E-state index contributed by atoms with van der Waals surface area (Å²) >= 11 is 1.71. The van der Waals surface area contributed by atoms with E-state index in [1.165, 1.54) is 5.56 Å². The Morgan fingerprint density at radius 2 is 2.42 bits per heavy atom. The van der Waals surface area contributed by atoms with Gasteiger partial charge in [0.2, 0.25) is 0 Å². The number of terminal acetylenes is 1. The lowest BCUT2D eigenvalue weighted by Crippen LogP contribution is -2.36. The maximum atomic E-state index is 5.34. The maximum Gasteiger partial charge on any atom is 0.0743 e. The normalized spacial score (nSPS) is 11.1. The molecule has 1 aromatic heterocycles. The molecule has 0 unspecified atom stereocenters. The summed E-state index contributed by atoms with van der Waals surface area (Å²) in [5.74, 6) is 2.70.